The summed E-state index contributed by atoms with van der Waals surface area (Å²) in [5.74, 6) is 0. The molecule has 0 saturated carbocycles. The van der Waals surface area contributed by atoms with E-state index < -0.39 is 0 Å². The van der Waals surface area contributed by atoms with Gasteiger partial charge in [-0.05, 0) is 35.9 Å². The highest BCUT2D eigenvalue weighted by atomic mass is 35.5. The molecule has 0 N–H and O–H groups in total. The summed E-state index contributed by atoms with van der Waals surface area (Å²) < 4.78 is 1.98. The van der Waals surface area contributed by atoms with Crippen LogP contribution >= 0.6 is 35.0 Å². The summed E-state index contributed by atoms with van der Waals surface area (Å²) in [6.07, 6.45) is 5.41. The van der Waals surface area contributed by atoms with E-state index in [0.29, 0.717) is 22.2 Å². The normalized spacial score (nSPS) is 10.5. The number of aromatic nitrogens is 2. The van der Waals surface area contributed by atoms with E-state index in [2.05, 4.69) is 11.1 Å². The Bertz CT molecular complexity index is 870. The van der Waals surface area contributed by atoms with Crippen LogP contribution in [0.15, 0.2) is 64.9 Å². The Morgan fingerprint density at radius 3 is 2.70 bits per heavy atom. The first-order valence-corrected chi connectivity index (χ1v) is 8.34. The molecule has 23 heavy (non-hydrogen) atoms. The summed E-state index contributed by atoms with van der Waals surface area (Å²) in [6.45, 7) is 0.702. The fourth-order valence-electron chi connectivity index (χ4n) is 2.11. The van der Waals surface area contributed by atoms with Gasteiger partial charge in [0, 0.05) is 33.8 Å². The van der Waals surface area contributed by atoms with Crippen molar-refractivity contribution < 1.29 is 0 Å². The highest BCUT2D eigenvalue weighted by Gasteiger charge is 2.09. The average molecular weight is 360 g/mol. The Kier molecular flexibility index (Phi) is 4.92. The highest BCUT2D eigenvalue weighted by Crippen LogP contribution is 2.36. The van der Waals surface area contributed by atoms with Crippen LogP contribution < -0.4 is 0 Å². The zero-order chi connectivity index (χ0) is 16.2. The first-order valence-electron chi connectivity index (χ1n) is 6.77. The zero-order valence-corrected chi connectivity index (χ0v) is 14.2. The molecule has 0 aliphatic heterocycles. The minimum absolute atomic E-state index is 0.575. The van der Waals surface area contributed by atoms with Gasteiger partial charge in [-0.2, -0.15) is 5.26 Å². The number of benzene rings is 2. The number of hydrogen-bond donors (Lipinski definition) is 0. The molecule has 0 saturated heterocycles. The van der Waals surface area contributed by atoms with Crippen LogP contribution in [0.2, 0.25) is 10.0 Å². The van der Waals surface area contributed by atoms with Gasteiger partial charge in [-0.1, -0.05) is 41.0 Å². The third kappa shape index (κ3) is 3.89. The lowest BCUT2D eigenvalue weighted by Gasteiger charge is -2.09. The average Bonchev–Trinajstić information content (AvgIpc) is 3.03. The molecular weight excluding hydrogens is 349 g/mol. The second kappa shape index (κ2) is 7.10. The third-order valence-corrected chi connectivity index (χ3v) is 5.00. The molecule has 6 heteroatoms. The molecule has 0 unspecified atom stereocenters. The van der Waals surface area contributed by atoms with Gasteiger partial charge >= 0.3 is 0 Å². The lowest BCUT2D eigenvalue weighted by atomic mass is 10.1. The topological polar surface area (TPSA) is 41.6 Å². The van der Waals surface area contributed by atoms with E-state index in [1.54, 1.807) is 24.7 Å². The number of halogens is 2. The Morgan fingerprint density at radius 2 is 2.00 bits per heavy atom. The summed E-state index contributed by atoms with van der Waals surface area (Å²) in [5, 5.41) is 10.5. The minimum atomic E-state index is 0.575. The van der Waals surface area contributed by atoms with Crippen molar-refractivity contribution in [2.45, 2.75) is 16.3 Å². The van der Waals surface area contributed by atoms with Crippen molar-refractivity contribution in [2.24, 2.45) is 0 Å². The molecule has 0 fully saturated rings. The van der Waals surface area contributed by atoms with Gasteiger partial charge in [0.2, 0.25) is 0 Å². The second-order valence-electron chi connectivity index (χ2n) is 4.85. The molecule has 3 aromatic rings. The fourth-order valence-corrected chi connectivity index (χ4v) is 3.60. The van der Waals surface area contributed by atoms with E-state index in [4.69, 9.17) is 23.2 Å². The maximum atomic E-state index is 9.32. The second-order valence-corrected chi connectivity index (χ2v) is 6.78. The van der Waals surface area contributed by atoms with Gasteiger partial charge in [-0.15, -0.1) is 0 Å². The molecular formula is C17H11Cl2N3S. The van der Waals surface area contributed by atoms with Gasteiger partial charge in [-0.25, -0.2) is 4.98 Å². The van der Waals surface area contributed by atoms with Crippen LogP contribution in [-0.4, -0.2) is 9.55 Å². The van der Waals surface area contributed by atoms with Crippen LogP contribution in [0.3, 0.4) is 0 Å². The first kappa shape index (κ1) is 15.9. The van der Waals surface area contributed by atoms with Crippen molar-refractivity contribution in [3.63, 3.8) is 0 Å². The largest absolute Gasteiger partial charge is 0.333 e. The highest BCUT2D eigenvalue weighted by molar-refractivity contribution is 7.99. The van der Waals surface area contributed by atoms with Crippen molar-refractivity contribution >= 4 is 35.0 Å². The Hall–Kier alpha value is -1.93. The molecule has 0 spiro atoms. The molecule has 3 nitrogen and oxygen atoms in total. The molecule has 114 valence electrons. The maximum Gasteiger partial charge on any atom is 0.100 e. The lowest BCUT2D eigenvalue weighted by Crippen LogP contribution is -1.97. The number of nitriles is 1. The van der Waals surface area contributed by atoms with Crippen molar-refractivity contribution in [3.05, 3.63) is 76.3 Å². The third-order valence-electron chi connectivity index (χ3n) is 3.20. The van der Waals surface area contributed by atoms with E-state index in [9.17, 15) is 5.26 Å². The summed E-state index contributed by atoms with van der Waals surface area (Å²) in [5.41, 5.74) is 1.71. The smallest absolute Gasteiger partial charge is 0.100 e. The molecule has 0 aliphatic carbocycles. The number of hydrogen-bond acceptors (Lipinski definition) is 3. The Labute approximate surface area is 148 Å². The molecule has 1 aromatic heterocycles. The molecule has 0 radical (unpaired) electrons. The van der Waals surface area contributed by atoms with E-state index >= 15 is 0 Å². The minimum Gasteiger partial charge on any atom is -0.333 e. The van der Waals surface area contributed by atoms with Crippen LogP contribution in [0.4, 0.5) is 0 Å². The van der Waals surface area contributed by atoms with Gasteiger partial charge in [0.05, 0.1) is 16.9 Å². The van der Waals surface area contributed by atoms with E-state index in [1.807, 2.05) is 35.0 Å². The lowest BCUT2D eigenvalue weighted by molar-refractivity contribution is 0.795. The molecule has 0 amide bonds. The molecule has 1 heterocycles. The van der Waals surface area contributed by atoms with E-state index in [0.717, 1.165) is 15.4 Å². The van der Waals surface area contributed by atoms with Crippen molar-refractivity contribution in [2.75, 3.05) is 0 Å². The molecule has 3 rings (SSSR count). The maximum absolute atomic E-state index is 9.32. The Morgan fingerprint density at radius 1 is 1.13 bits per heavy atom. The summed E-state index contributed by atoms with van der Waals surface area (Å²) in [7, 11) is 0. The van der Waals surface area contributed by atoms with Crippen molar-refractivity contribution in [1.29, 1.82) is 5.26 Å². The summed E-state index contributed by atoms with van der Waals surface area (Å²) >= 11 is 13.6. The van der Waals surface area contributed by atoms with Crippen LogP contribution in [0.25, 0.3) is 0 Å². The summed E-state index contributed by atoms with van der Waals surface area (Å²) in [6, 6.07) is 13.4. The van der Waals surface area contributed by atoms with Gasteiger partial charge in [0.1, 0.15) is 6.07 Å². The van der Waals surface area contributed by atoms with Crippen molar-refractivity contribution in [3.8, 4) is 6.07 Å². The van der Waals surface area contributed by atoms with Crippen LogP contribution in [0, 0.1) is 11.3 Å². The van der Waals surface area contributed by atoms with Gasteiger partial charge in [-0.3, -0.25) is 0 Å². The van der Waals surface area contributed by atoms with Crippen molar-refractivity contribution in [1.82, 2.24) is 9.55 Å². The number of nitrogens with zero attached hydrogens (tertiary/aromatic N) is 3. The first-order chi connectivity index (χ1) is 11.2. The number of imidazole rings is 1. The molecule has 2 aromatic carbocycles. The number of rotatable bonds is 4. The predicted molar refractivity (Wildman–Crippen MR) is 93.1 cm³/mol. The summed E-state index contributed by atoms with van der Waals surface area (Å²) in [4.78, 5) is 5.78. The Balaban J connectivity index is 1.91. The van der Waals surface area contributed by atoms with Crippen LogP contribution in [-0.2, 0) is 6.54 Å². The standard InChI is InChI=1S/C17H11Cl2N3S/c18-14-3-4-16(15(19)8-14)23-17-7-12(1-2-13(17)9-20)10-22-6-5-21-11-22/h1-8,11H,10H2. The quantitative estimate of drug-likeness (QED) is 0.637. The molecule has 0 atom stereocenters. The monoisotopic (exact) mass is 359 g/mol. The fraction of sp³-hybridized carbons (Fsp3) is 0.0588. The van der Waals surface area contributed by atoms with E-state index in [-0.39, 0.29) is 0 Å². The molecule has 0 bridgehead atoms. The van der Waals surface area contributed by atoms with Gasteiger partial charge in [0.15, 0.2) is 0 Å². The van der Waals surface area contributed by atoms with E-state index in [1.165, 1.54) is 11.8 Å². The predicted octanol–water partition coefficient (Wildman–Crippen LogP) is 5.26. The van der Waals surface area contributed by atoms with Gasteiger partial charge in [0.25, 0.3) is 0 Å². The van der Waals surface area contributed by atoms with Crippen LogP contribution in [0.5, 0.6) is 0 Å². The molecule has 0 aliphatic rings. The van der Waals surface area contributed by atoms with Gasteiger partial charge < -0.3 is 4.57 Å². The zero-order valence-electron chi connectivity index (χ0n) is 11.9. The van der Waals surface area contributed by atoms with Crippen LogP contribution in [0.1, 0.15) is 11.1 Å². The SMILES string of the molecule is N#Cc1ccc(Cn2ccnc2)cc1Sc1ccc(Cl)cc1Cl.